The third kappa shape index (κ3) is 4.24. The first-order valence-corrected chi connectivity index (χ1v) is 8.03. The second-order valence-electron chi connectivity index (χ2n) is 4.75. The molecule has 7 heteroatoms. The maximum absolute atomic E-state index is 11.8. The highest BCUT2D eigenvalue weighted by atomic mass is 32.2. The van der Waals surface area contributed by atoms with Gasteiger partial charge in [-0.15, -0.1) is 5.10 Å². The number of benzene rings is 1. The molecule has 1 atom stereocenters. The number of thioether (sulfide) groups is 1. The number of nitrogens with zero attached hydrogens (tertiary/aromatic N) is 2. The Bertz CT molecular complexity index is 612. The van der Waals surface area contributed by atoms with Crippen molar-refractivity contribution in [3.05, 3.63) is 24.3 Å². The summed E-state index contributed by atoms with van der Waals surface area (Å²) >= 11 is 1.34. The van der Waals surface area contributed by atoms with Crippen LogP contribution in [0.25, 0.3) is 11.4 Å². The summed E-state index contributed by atoms with van der Waals surface area (Å²) in [6, 6.07) is 7.55. The second kappa shape index (κ2) is 7.84. The molecular formula is C15H20N4O2S. The Hall–Kier alpha value is -2.02. The minimum Gasteiger partial charge on any atom is -0.497 e. The molecule has 2 rings (SSSR count). The molecule has 0 aliphatic carbocycles. The molecule has 1 aromatic heterocycles. The number of aromatic amines is 1. The Morgan fingerprint density at radius 3 is 2.77 bits per heavy atom. The number of carbonyl (C=O) groups is 1. The minimum absolute atomic E-state index is 0.00245. The highest BCUT2D eigenvalue weighted by Crippen LogP contribution is 2.24. The van der Waals surface area contributed by atoms with Gasteiger partial charge in [0.15, 0.2) is 5.82 Å². The average molecular weight is 320 g/mol. The Morgan fingerprint density at radius 1 is 1.41 bits per heavy atom. The van der Waals surface area contributed by atoms with Crippen LogP contribution in [0.15, 0.2) is 29.4 Å². The minimum atomic E-state index is -0.230. The summed E-state index contributed by atoms with van der Waals surface area (Å²) in [6.07, 6.45) is 0.922. The van der Waals surface area contributed by atoms with Crippen LogP contribution >= 0.6 is 11.8 Å². The fourth-order valence-corrected chi connectivity index (χ4v) is 2.53. The summed E-state index contributed by atoms with van der Waals surface area (Å²) in [7, 11) is 1.63. The van der Waals surface area contributed by atoms with Gasteiger partial charge in [-0.2, -0.15) is 0 Å². The summed E-state index contributed by atoms with van der Waals surface area (Å²) in [5.41, 5.74) is 0.920. The van der Waals surface area contributed by atoms with Crippen LogP contribution in [0.5, 0.6) is 5.75 Å². The third-order valence-corrected chi connectivity index (χ3v) is 3.99. The number of methoxy groups -OCH3 is 1. The fraction of sp³-hybridized carbons (Fsp3) is 0.400. The van der Waals surface area contributed by atoms with Gasteiger partial charge in [-0.25, -0.2) is 4.98 Å². The molecule has 1 unspecified atom stereocenters. The molecule has 1 amide bonds. The summed E-state index contributed by atoms with van der Waals surface area (Å²) < 4.78 is 5.13. The normalized spacial score (nSPS) is 12.0. The summed E-state index contributed by atoms with van der Waals surface area (Å²) in [5.74, 6) is 1.47. The van der Waals surface area contributed by atoms with Gasteiger partial charge in [0.25, 0.3) is 0 Å². The van der Waals surface area contributed by atoms with Crippen LogP contribution in [0.4, 0.5) is 0 Å². The van der Waals surface area contributed by atoms with Crippen molar-refractivity contribution in [2.75, 3.05) is 13.7 Å². The van der Waals surface area contributed by atoms with Gasteiger partial charge in [0.1, 0.15) is 5.75 Å². The topological polar surface area (TPSA) is 79.9 Å². The lowest BCUT2D eigenvalue weighted by molar-refractivity contribution is -0.120. The number of hydrogen-bond donors (Lipinski definition) is 2. The molecule has 0 aliphatic heterocycles. The van der Waals surface area contributed by atoms with E-state index in [2.05, 4.69) is 20.5 Å². The maximum atomic E-state index is 11.8. The van der Waals surface area contributed by atoms with Gasteiger partial charge < -0.3 is 10.1 Å². The molecule has 2 N–H and O–H groups in total. The lowest BCUT2D eigenvalue weighted by atomic mass is 10.2. The monoisotopic (exact) mass is 320 g/mol. The van der Waals surface area contributed by atoms with E-state index < -0.39 is 0 Å². The first-order chi connectivity index (χ1) is 10.6. The smallest absolute Gasteiger partial charge is 0.233 e. The lowest BCUT2D eigenvalue weighted by Gasteiger charge is -2.08. The molecule has 0 bridgehead atoms. The van der Waals surface area contributed by atoms with Crippen LogP contribution < -0.4 is 10.1 Å². The van der Waals surface area contributed by atoms with Crippen LogP contribution in [0.2, 0.25) is 0 Å². The fourth-order valence-electron chi connectivity index (χ4n) is 1.78. The molecule has 0 saturated carbocycles. The number of nitrogens with one attached hydrogen (secondary N) is 2. The predicted octanol–water partition coefficient (Wildman–Crippen LogP) is 2.49. The van der Waals surface area contributed by atoms with Crippen molar-refractivity contribution in [3.8, 4) is 17.1 Å². The number of amides is 1. The zero-order chi connectivity index (χ0) is 15.9. The Morgan fingerprint density at radius 2 is 2.14 bits per heavy atom. The van der Waals surface area contributed by atoms with Crippen LogP contribution in [-0.4, -0.2) is 40.0 Å². The average Bonchev–Trinajstić information content (AvgIpc) is 3.01. The van der Waals surface area contributed by atoms with Crippen molar-refractivity contribution in [1.82, 2.24) is 20.5 Å². The van der Waals surface area contributed by atoms with E-state index in [0.717, 1.165) is 17.7 Å². The van der Waals surface area contributed by atoms with E-state index in [1.165, 1.54) is 11.8 Å². The molecule has 1 heterocycles. The van der Waals surface area contributed by atoms with E-state index in [0.29, 0.717) is 17.5 Å². The van der Waals surface area contributed by atoms with E-state index in [4.69, 9.17) is 4.74 Å². The number of rotatable bonds is 7. The highest BCUT2D eigenvalue weighted by Gasteiger charge is 2.16. The Kier molecular flexibility index (Phi) is 5.83. The molecule has 0 saturated heterocycles. The van der Waals surface area contributed by atoms with Crippen LogP contribution in [0.3, 0.4) is 0 Å². The van der Waals surface area contributed by atoms with Crippen LogP contribution in [0, 0.1) is 0 Å². The zero-order valence-corrected chi connectivity index (χ0v) is 13.7. The molecule has 22 heavy (non-hydrogen) atoms. The van der Waals surface area contributed by atoms with Crippen molar-refractivity contribution < 1.29 is 9.53 Å². The lowest BCUT2D eigenvalue weighted by Crippen LogP contribution is -2.31. The van der Waals surface area contributed by atoms with E-state index in [9.17, 15) is 4.79 Å². The Labute approximate surface area is 134 Å². The second-order valence-corrected chi connectivity index (χ2v) is 6.05. The van der Waals surface area contributed by atoms with Gasteiger partial charge in [0, 0.05) is 12.1 Å². The van der Waals surface area contributed by atoms with Crippen molar-refractivity contribution in [3.63, 3.8) is 0 Å². The number of ether oxygens (including phenoxy) is 1. The van der Waals surface area contributed by atoms with E-state index >= 15 is 0 Å². The molecule has 6 nitrogen and oxygen atoms in total. The van der Waals surface area contributed by atoms with Crippen LogP contribution in [0.1, 0.15) is 20.3 Å². The molecular weight excluding hydrogens is 300 g/mol. The van der Waals surface area contributed by atoms with Gasteiger partial charge >= 0.3 is 0 Å². The van der Waals surface area contributed by atoms with Gasteiger partial charge in [-0.3, -0.25) is 9.89 Å². The summed E-state index contributed by atoms with van der Waals surface area (Å²) in [5, 5.41) is 10.2. The molecule has 1 aromatic carbocycles. The highest BCUT2D eigenvalue weighted by molar-refractivity contribution is 8.00. The van der Waals surface area contributed by atoms with Gasteiger partial charge in [-0.05, 0) is 37.6 Å². The van der Waals surface area contributed by atoms with Gasteiger partial charge in [0.2, 0.25) is 11.1 Å². The maximum Gasteiger partial charge on any atom is 0.233 e. The molecule has 0 aliphatic rings. The summed E-state index contributed by atoms with van der Waals surface area (Å²) in [6.45, 7) is 4.56. The van der Waals surface area contributed by atoms with E-state index in [-0.39, 0.29) is 11.2 Å². The van der Waals surface area contributed by atoms with Crippen molar-refractivity contribution in [2.45, 2.75) is 30.7 Å². The Balaban J connectivity index is 2.00. The molecule has 2 aromatic rings. The van der Waals surface area contributed by atoms with Crippen molar-refractivity contribution in [1.29, 1.82) is 0 Å². The van der Waals surface area contributed by atoms with E-state index in [1.807, 2.05) is 38.1 Å². The molecule has 118 valence electrons. The summed E-state index contributed by atoms with van der Waals surface area (Å²) in [4.78, 5) is 16.3. The van der Waals surface area contributed by atoms with E-state index in [1.54, 1.807) is 7.11 Å². The predicted molar refractivity (Wildman–Crippen MR) is 87.0 cm³/mol. The standard InChI is InChI=1S/C15H20N4O2S/c1-4-9-16-14(20)10(2)22-15-17-13(18-19-15)11-5-7-12(21-3)8-6-11/h5-8,10H,4,9H2,1-3H3,(H,16,20)(H,17,18,19). The number of H-pyrrole nitrogens is 1. The number of carbonyl (C=O) groups excluding carboxylic acids is 1. The zero-order valence-electron chi connectivity index (χ0n) is 12.9. The van der Waals surface area contributed by atoms with Crippen molar-refractivity contribution >= 4 is 17.7 Å². The molecule has 0 spiro atoms. The van der Waals surface area contributed by atoms with Crippen LogP contribution in [-0.2, 0) is 4.79 Å². The molecule has 0 fully saturated rings. The number of aromatic nitrogens is 3. The third-order valence-electron chi connectivity index (χ3n) is 3.03. The van der Waals surface area contributed by atoms with Gasteiger partial charge in [-0.1, -0.05) is 18.7 Å². The SMILES string of the molecule is CCCNC(=O)C(C)Sc1n[nH]c(-c2ccc(OC)cc2)n1. The number of hydrogen-bond acceptors (Lipinski definition) is 5. The quantitative estimate of drug-likeness (QED) is 0.766. The van der Waals surface area contributed by atoms with Crippen molar-refractivity contribution in [2.24, 2.45) is 0 Å². The first kappa shape index (κ1) is 16.4. The first-order valence-electron chi connectivity index (χ1n) is 7.15. The van der Waals surface area contributed by atoms with Gasteiger partial charge in [0.05, 0.1) is 12.4 Å². The largest absolute Gasteiger partial charge is 0.497 e. The molecule has 0 radical (unpaired) electrons.